The third-order valence-electron chi connectivity index (χ3n) is 3.82. The predicted molar refractivity (Wildman–Crippen MR) is 82.8 cm³/mol. The molecule has 1 heterocycles. The normalized spacial score (nSPS) is 16.8. The highest BCUT2D eigenvalue weighted by atomic mass is 35.5. The van der Waals surface area contributed by atoms with Gasteiger partial charge in [0.25, 0.3) is 5.91 Å². The van der Waals surface area contributed by atoms with Crippen LogP contribution in [0.5, 0.6) is 5.75 Å². The minimum atomic E-state index is -0.0673. The summed E-state index contributed by atoms with van der Waals surface area (Å²) in [6.45, 7) is 0.613. The van der Waals surface area contributed by atoms with Crippen molar-refractivity contribution in [1.82, 2.24) is 4.90 Å². The van der Waals surface area contributed by atoms with Gasteiger partial charge in [0.15, 0.2) is 0 Å². The summed E-state index contributed by atoms with van der Waals surface area (Å²) in [6, 6.07) is 15.0. The molecule has 0 aliphatic carbocycles. The molecule has 3 nitrogen and oxygen atoms in total. The van der Waals surface area contributed by atoms with Gasteiger partial charge in [-0.05, 0) is 18.2 Å². The summed E-state index contributed by atoms with van der Waals surface area (Å²) in [6.07, 6.45) is 0.781. The predicted octanol–water partition coefficient (Wildman–Crippen LogP) is 3.94. The Hall–Kier alpha value is -2.00. The van der Waals surface area contributed by atoms with Gasteiger partial charge in [0.2, 0.25) is 0 Å². The van der Waals surface area contributed by atoms with Gasteiger partial charge in [-0.25, -0.2) is 0 Å². The highest BCUT2D eigenvalue weighted by Crippen LogP contribution is 2.36. The molecule has 0 bridgehead atoms. The Morgan fingerprint density at radius 2 is 1.90 bits per heavy atom. The number of hydrogen-bond donors (Lipinski definition) is 0. The van der Waals surface area contributed by atoms with E-state index < -0.39 is 0 Å². The Kier molecular flexibility index (Phi) is 3.84. The lowest BCUT2D eigenvalue weighted by Gasteiger charge is -2.33. The molecule has 0 N–H and O–H groups in total. The molecule has 0 fully saturated rings. The number of benzene rings is 2. The van der Waals surface area contributed by atoms with Crippen LogP contribution in [0.15, 0.2) is 48.5 Å². The Morgan fingerprint density at radius 3 is 2.71 bits per heavy atom. The first-order chi connectivity index (χ1) is 10.2. The Bertz CT molecular complexity index is 671. The third-order valence-corrected chi connectivity index (χ3v) is 4.15. The van der Waals surface area contributed by atoms with Crippen molar-refractivity contribution in [2.75, 3.05) is 13.7 Å². The lowest BCUT2D eigenvalue weighted by atomic mass is 9.98. The van der Waals surface area contributed by atoms with Crippen molar-refractivity contribution in [3.8, 4) is 5.75 Å². The summed E-state index contributed by atoms with van der Waals surface area (Å²) in [5.41, 5.74) is 1.58. The number of para-hydroxylation sites is 1. The first-order valence-corrected chi connectivity index (χ1v) is 7.29. The van der Waals surface area contributed by atoms with E-state index in [0.29, 0.717) is 17.2 Å². The molecule has 2 aromatic carbocycles. The van der Waals surface area contributed by atoms with Crippen molar-refractivity contribution in [2.45, 2.75) is 12.5 Å². The van der Waals surface area contributed by atoms with Crippen molar-refractivity contribution in [3.63, 3.8) is 0 Å². The van der Waals surface area contributed by atoms with Crippen LogP contribution in [0, 0.1) is 0 Å². The van der Waals surface area contributed by atoms with Crippen molar-refractivity contribution < 1.29 is 9.53 Å². The average molecular weight is 302 g/mol. The van der Waals surface area contributed by atoms with Crippen molar-refractivity contribution in [2.24, 2.45) is 0 Å². The Morgan fingerprint density at radius 1 is 1.19 bits per heavy atom. The zero-order valence-corrected chi connectivity index (χ0v) is 12.5. The molecule has 0 spiro atoms. The van der Waals surface area contributed by atoms with Crippen LogP contribution < -0.4 is 4.74 Å². The van der Waals surface area contributed by atoms with E-state index in [1.807, 2.05) is 43.4 Å². The Balaban J connectivity index is 1.91. The van der Waals surface area contributed by atoms with Gasteiger partial charge in [-0.15, -0.1) is 0 Å². The molecule has 0 saturated carbocycles. The van der Waals surface area contributed by atoms with E-state index in [-0.39, 0.29) is 11.9 Å². The molecule has 3 rings (SSSR count). The van der Waals surface area contributed by atoms with Crippen LogP contribution in [0.1, 0.15) is 28.4 Å². The van der Waals surface area contributed by atoms with Gasteiger partial charge in [-0.3, -0.25) is 4.79 Å². The number of ether oxygens (including phenoxy) is 1. The van der Waals surface area contributed by atoms with Gasteiger partial charge >= 0.3 is 0 Å². The third kappa shape index (κ3) is 2.61. The van der Waals surface area contributed by atoms with E-state index >= 15 is 0 Å². The number of halogens is 1. The first kappa shape index (κ1) is 14.0. The van der Waals surface area contributed by atoms with E-state index in [1.165, 1.54) is 0 Å². The second-order valence-electron chi connectivity index (χ2n) is 5.09. The molecule has 1 atom stereocenters. The summed E-state index contributed by atoms with van der Waals surface area (Å²) >= 11 is 6.13. The zero-order chi connectivity index (χ0) is 14.8. The highest BCUT2D eigenvalue weighted by molar-refractivity contribution is 6.33. The van der Waals surface area contributed by atoms with Crippen molar-refractivity contribution in [1.29, 1.82) is 0 Å². The smallest absolute Gasteiger partial charge is 0.255 e. The van der Waals surface area contributed by atoms with Crippen LogP contribution in [0.2, 0.25) is 5.02 Å². The molecular formula is C17H16ClNO2. The van der Waals surface area contributed by atoms with Crippen LogP contribution in [0.3, 0.4) is 0 Å². The van der Waals surface area contributed by atoms with Gasteiger partial charge in [-0.2, -0.15) is 0 Å². The SMILES string of the molecule is CN(C(=O)c1ccccc1Cl)C1CCOc2ccccc21. The molecule has 108 valence electrons. The molecule has 0 saturated heterocycles. The zero-order valence-electron chi connectivity index (χ0n) is 11.8. The topological polar surface area (TPSA) is 29.5 Å². The van der Waals surface area contributed by atoms with Gasteiger partial charge in [0, 0.05) is 19.0 Å². The van der Waals surface area contributed by atoms with Gasteiger partial charge in [-0.1, -0.05) is 41.9 Å². The molecule has 1 aliphatic rings. The van der Waals surface area contributed by atoms with Crippen LogP contribution in [0.4, 0.5) is 0 Å². The summed E-state index contributed by atoms with van der Waals surface area (Å²) in [5, 5.41) is 0.481. The molecule has 0 radical (unpaired) electrons. The van der Waals surface area contributed by atoms with E-state index in [0.717, 1.165) is 17.7 Å². The van der Waals surface area contributed by atoms with Gasteiger partial charge in [0.1, 0.15) is 5.75 Å². The van der Waals surface area contributed by atoms with Crippen LogP contribution >= 0.6 is 11.6 Å². The van der Waals surface area contributed by atoms with Crippen LogP contribution in [-0.2, 0) is 0 Å². The van der Waals surface area contributed by atoms with E-state index in [1.54, 1.807) is 17.0 Å². The maximum absolute atomic E-state index is 12.7. The summed E-state index contributed by atoms with van der Waals surface area (Å²) < 4.78 is 5.65. The maximum atomic E-state index is 12.7. The number of hydrogen-bond acceptors (Lipinski definition) is 2. The van der Waals surface area contributed by atoms with Gasteiger partial charge in [0.05, 0.1) is 23.2 Å². The number of carbonyl (C=O) groups is 1. The highest BCUT2D eigenvalue weighted by Gasteiger charge is 2.28. The molecule has 1 unspecified atom stereocenters. The lowest BCUT2D eigenvalue weighted by Crippen LogP contribution is -2.34. The second kappa shape index (κ2) is 5.78. The standard InChI is InChI=1S/C17H16ClNO2/c1-19(17(20)12-6-2-4-8-14(12)18)15-10-11-21-16-9-5-3-7-13(15)16/h2-9,15H,10-11H2,1H3. The minimum Gasteiger partial charge on any atom is -0.493 e. The number of amides is 1. The average Bonchev–Trinajstić information content (AvgIpc) is 2.53. The molecular weight excluding hydrogens is 286 g/mol. The number of fused-ring (bicyclic) bond motifs is 1. The quantitative estimate of drug-likeness (QED) is 0.841. The van der Waals surface area contributed by atoms with Crippen molar-refractivity contribution in [3.05, 3.63) is 64.7 Å². The molecule has 21 heavy (non-hydrogen) atoms. The van der Waals surface area contributed by atoms with E-state index in [4.69, 9.17) is 16.3 Å². The fraction of sp³-hybridized carbons (Fsp3) is 0.235. The number of rotatable bonds is 2. The second-order valence-corrected chi connectivity index (χ2v) is 5.49. The van der Waals surface area contributed by atoms with E-state index in [2.05, 4.69) is 0 Å². The largest absolute Gasteiger partial charge is 0.493 e. The molecule has 2 aromatic rings. The summed E-state index contributed by atoms with van der Waals surface area (Å²) in [7, 11) is 1.82. The maximum Gasteiger partial charge on any atom is 0.255 e. The Labute approximate surface area is 129 Å². The van der Waals surface area contributed by atoms with E-state index in [9.17, 15) is 4.79 Å². The van der Waals surface area contributed by atoms with Crippen LogP contribution in [-0.4, -0.2) is 24.5 Å². The molecule has 0 aromatic heterocycles. The number of nitrogens with zero attached hydrogens (tertiary/aromatic N) is 1. The fourth-order valence-corrected chi connectivity index (χ4v) is 2.91. The molecule has 1 amide bonds. The summed E-state index contributed by atoms with van der Waals surface area (Å²) in [4.78, 5) is 14.4. The van der Waals surface area contributed by atoms with Crippen molar-refractivity contribution >= 4 is 17.5 Å². The minimum absolute atomic E-state index is 0.0127. The van der Waals surface area contributed by atoms with Gasteiger partial charge < -0.3 is 9.64 Å². The fourth-order valence-electron chi connectivity index (χ4n) is 2.69. The monoisotopic (exact) mass is 301 g/mol. The molecule has 1 aliphatic heterocycles. The summed E-state index contributed by atoms with van der Waals surface area (Å²) in [5.74, 6) is 0.787. The van der Waals surface area contributed by atoms with Crippen LogP contribution in [0.25, 0.3) is 0 Å². The number of carbonyl (C=O) groups excluding carboxylic acids is 1. The molecule has 4 heteroatoms. The lowest BCUT2D eigenvalue weighted by molar-refractivity contribution is 0.0686. The first-order valence-electron chi connectivity index (χ1n) is 6.92.